The molecule has 1 heterocycles. The van der Waals surface area contributed by atoms with E-state index in [9.17, 15) is 0 Å². The third-order valence-corrected chi connectivity index (χ3v) is 2.57. The van der Waals surface area contributed by atoms with Crippen LogP contribution in [0.3, 0.4) is 0 Å². The molecular formula is C9H11ClS. The summed E-state index contributed by atoms with van der Waals surface area (Å²) < 4.78 is 0. The van der Waals surface area contributed by atoms with Gasteiger partial charge in [-0.2, -0.15) is 11.3 Å². The molecule has 11 heavy (non-hydrogen) atoms. The van der Waals surface area contributed by atoms with Crippen LogP contribution in [0.1, 0.15) is 17.5 Å². The summed E-state index contributed by atoms with van der Waals surface area (Å²) in [5, 5.41) is 4.31. The second-order valence-corrected chi connectivity index (χ2v) is 3.51. The lowest BCUT2D eigenvalue weighted by atomic mass is 10.2. The zero-order valence-corrected chi connectivity index (χ0v) is 8.08. The Labute approximate surface area is 76.5 Å². The Balaban J connectivity index is 2.56. The van der Waals surface area contributed by atoms with Crippen molar-refractivity contribution >= 4 is 29.0 Å². The Hall–Kier alpha value is -0.270. The van der Waals surface area contributed by atoms with Crippen molar-refractivity contribution < 1.29 is 0 Å². The maximum absolute atomic E-state index is 5.53. The summed E-state index contributed by atoms with van der Waals surface area (Å²) in [6.45, 7) is 2.12. The van der Waals surface area contributed by atoms with E-state index in [0.29, 0.717) is 5.88 Å². The second kappa shape index (κ2) is 4.58. The van der Waals surface area contributed by atoms with Gasteiger partial charge < -0.3 is 0 Å². The van der Waals surface area contributed by atoms with Crippen molar-refractivity contribution in [1.29, 1.82) is 0 Å². The Bertz CT molecular complexity index is 237. The summed E-state index contributed by atoms with van der Waals surface area (Å²) in [6, 6.07) is 0. The van der Waals surface area contributed by atoms with Crippen molar-refractivity contribution in [3.63, 3.8) is 0 Å². The molecule has 0 N–H and O–H groups in total. The fourth-order valence-corrected chi connectivity index (χ4v) is 1.76. The minimum atomic E-state index is 0.708. The van der Waals surface area contributed by atoms with Crippen LogP contribution in [0.15, 0.2) is 16.8 Å². The van der Waals surface area contributed by atoms with Crippen LogP contribution in [0, 0.1) is 6.92 Å². The molecule has 0 spiro atoms. The van der Waals surface area contributed by atoms with E-state index in [0.717, 1.165) is 6.42 Å². The van der Waals surface area contributed by atoms with E-state index in [2.05, 4.69) is 29.8 Å². The Morgan fingerprint density at radius 3 is 2.91 bits per heavy atom. The van der Waals surface area contributed by atoms with Crippen molar-refractivity contribution in [2.45, 2.75) is 13.3 Å². The van der Waals surface area contributed by atoms with Gasteiger partial charge in [0.25, 0.3) is 0 Å². The van der Waals surface area contributed by atoms with Gasteiger partial charge in [-0.25, -0.2) is 0 Å². The average Bonchev–Trinajstić information content (AvgIpc) is 2.37. The van der Waals surface area contributed by atoms with Crippen LogP contribution in [0.5, 0.6) is 0 Å². The van der Waals surface area contributed by atoms with E-state index in [1.54, 1.807) is 11.3 Å². The van der Waals surface area contributed by atoms with Crippen LogP contribution in [-0.2, 0) is 0 Å². The Kier molecular flexibility index (Phi) is 3.67. The summed E-state index contributed by atoms with van der Waals surface area (Å²) in [5.41, 5.74) is 2.67. The molecule has 0 unspecified atom stereocenters. The van der Waals surface area contributed by atoms with Gasteiger partial charge in [-0.05, 0) is 35.2 Å². The monoisotopic (exact) mass is 186 g/mol. The largest absolute Gasteiger partial charge is 0.152 e. The van der Waals surface area contributed by atoms with Gasteiger partial charge in [0.05, 0.1) is 0 Å². The number of alkyl halides is 1. The summed E-state index contributed by atoms with van der Waals surface area (Å²) >= 11 is 7.27. The smallest absolute Gasteiger partial charge is 0.0258 e. The molecule has 0 aliphatic heterocycles. The fraction of sp³-hybridized carbons (Fsp3) is 0.333. The van der Waals surface area contributed by atoms with E-state index in [1.165, 1.54) is 11.1 Å². The molecule has 0 aliphatic carbocycles. The lowest BCUT2D eigenvalue weighted by Gasteiger charge is -1.87. The number of aryl methyl sites for hydroxylation is 1. The maximum atomic E-state index is 5.53. The molecule has 0 aromatic carbocycles. The van der Waals surface area contributed by atoms with Gasteiger partial charge in [0.1, 0.15) is 0 Å². The molecular weight excluding hydrogens is 176 g/mol. The first-order chi connectivity index (χ1) is 5.34. The molecule has 0 bridgehead atoms. The van der Waals surface area contributed by atoms with Crippen LogP contribution in [0.4, 0.5) is 0 Å². The van der Waals surface area contributed by atoms with Crippen LogP contribution >= 0.6 is 22.9 Å². The number of allylic oxidation sites excluding steroid dienone is 1. The number of halogens is 1. The van der Waals surface area contributed by atoms with Crippen molar-refractivity contribution in [3.05, 3.63) is 28.0 Å². The highest BCUT2D eigenvalue weighted by atomic mass is 35.5. The topological polar surface area (TPSA) is 0 Å². The standard InChI is InChI=1S/C9H11ClS/c1-8-6-11-7-9(8)4-2-3-5-10/h2,4,6-7H,3,5H2,1H3. The highest BCUT2D eigenvalue weighted by molar-refractivity contribution is 7.08. The normalized spacial score (nSPS) is 11.1. The van der Waals surface area contributed by atoms with E-state index >= 15 is 0 Å². The quantitative estimate of drug-likeness (QED) is 0.632. The van der Waals surface area contributed by atoms with Crippen LogP contribution < -0.4 is 0 Å². The Morgan fingerprint density at radius 1 is 1.55 bits per heavy atom. The predicted octanol–water partition coefficient (Wildman–Crippen LogP) is 3.70. The number of thiophene rings is 1. The molecule has 0 saturated carbocycles. The minimum absolute atomic E-state index is 0.708. The van der Waals surface area contributed by atoms with Crippen molar-refractivity contribution in [3.8, 4) is 0 Å². The maximum Gasteiger partial charge on any atom is 0.0258 e. The summed E-state index contributed by atoms with van der Waals surface area (Å²) in [7, 11) is 0. The molecule has 60 valence electrons. The highest BCUT2D eigenvalue weighted by Crippen LogP contribution is 2.15. The molecule has 0 amide bonds. The lowest BCUT2D eigenvalue weighted by Crippen LogP contribution is -1.70. The number of hydrogen-bond acceptors (Lipinski definition) is 1. The highest BCUT2D eigenvalue weighted by Gasteiger charge is 1.91. The van der Waals surface area contributed by atoms with Gasteiger partial charge in [0.15, 0.2) is 0 Å². The number of hydrogen-bond donors (Lipinski definition) is 0. The average molecular weight is 187 g/mol. The first-order valence-electron chi connectivity index (χ1n) is 3.60. The molecule has 0 aliphatic rings. The first kappa shape index (κ1) is 8.82. The molecule has 0 saturated heterocycles. The summed E-state index contributed by atoms with van der Waals surface area (Å²) in [4.78, 5) is 0. The molecule has 0 fully saturated rings. The van der Waals surface area contributed by atoms with Gasteiger partial charge in [-0.15, -0.1) is 11.6 Å². The van der Waals surface area contributed by atoms with E-state index in [-0.39, 0.29) is 0 Å². The second-order valence-electron chi connectivity index (χ2n) is 2.39. The number of rotatable bonds is 3. The molecule has 0 atom stereocenters. The molecule has 1 aromatic rings. The van der Waals surface area contributed by atoms with E-state index in [4.69, 9.17) is 11.6 Å². The van der Waals surface area contributed by atoms with Crippen LogP contribution in [0.2, 0.25) is 0 Å². The van der Waals surface area contributed by atoms with Gasteiger partial charge >= 0.3 is 0 Å². The van der Waals surface area contributed by atoms with Gasteiger partial charge in [0.2, 0.25) is 0 Å². The summed E-state index contributed by atoms with van der Waals surface area (Å²) in [6.07, 6.45) is 5.20. The SMILES string of the molecule is Cc1cscc1C=CCCCl. The summed E-state index contributed by atoms with van der Waals surface area (Å²) in [5.74, 6) is 0.708. The van der Waals surface area contributed by atoms with Crippen LogP contribution in [0.25, 0.3) is 6.08 Å². The van der Waals surface area contributed by atoms with E-state index in [1.807, 2.05) is 0 Å². The molecule has 1 rings (SSSR count). The zero-order valence-electron chi connectivity index (χ0n) is 6.51. The van der Waals surface area contributed by atoms with Crippen molar-refractivity contribution in [1.82, 2.24) is 0 Å². The molecule has 0 nitrogen and oxygen atoms in total. The Morgan fingerprint density at radius 2 is 2.36 bits per heavy atom. The van der Waals surface area contributed by atoms with Crippen LogP contribution in [-0.4, -0.2) is 5.88 Å². The van der Waals surface area contributed by atoms with Gasteiger partial charge in [-0.3, -0.25) is 0 Å². The fourth-order valence-electron chi connectivity index (χ4n) is 0.814. The minimum Gasteiger partial charge on any atom is -0.152 e. The molecule has 2 heteroatoms. The van der Waals surface area contributed by atoms with Crippen molar-refractivity contribution in [2.75, 3.05) is 5.88 Å². The lowest BCUT2D eigenvalue weighted by molar-refractivity contribution is 1.24. The first-order valence-corrected chi connectivity index (χ1v) is 5.07. The third kappa shape index (κ3) is 2.68. The van der Waals surface area contributed by atoms with Gasteiger partial charge in [0, 0.05) is 5.88 Å². The van der Waals surface area contributed by atoms with Gasteiger partial charge in [-0.1, -0.05) is 12.2 Å². The zero-order chi connectivity index (χ0) is 8.10. The third-order valence-electron chi connectivity index (χ3n) is 1.47. The van der Waals surface area contributed by atoms with E-state index < -0.39 is 0 Å². The molecule has 0 radical (unpaired) electrons. The molecule has 1 aromatic heterocycles. The predicted molar refractivity (Wildman–Crippen MR) is 53.4 cm³/mol. The van der Waals surface area contributed by atoms with Crippen molar-refractivity contribution in [2.24, 2.45) is 0 Å².